The van der Waals surface area contributed by atoms with Gasteiger partial charge in [0.2, 0.25) is 11.8 Å². The van der Waals surface area contributed by atoms with Gasteiger partial charge in [-0.05, 0) is 6.92 Å². The Morgan fingerprint density at radius 1 is 0.515 bits per heavy atom. The third kappa shape index (κ3) is 12.3. The molecule has 0 aromatic carbocycles. The topological polar surface area (TPSA) is 451 Å². The van der Waals surface area contributed by atoms with Gasteiger partial charge in [-0.25, -0.2) is 0 Å². The molecule has 5 rings (SSSR count). The molecule has 26 atom stereocenters. The molecule has 0 radical (unpaired) electrons. The highest BCUT2D eigenvalue weighted by Gasteiger charge is 2.57. The maximum atomic E-state index is 13.0. The van der Waals surface area contributed by atoms with E-state index in [1.54, 1.807) is 0 Å². The standard InChI is InChI=1S/C37H62N2O27/c1-10-30(64-36-28(55)25(52)21(48)15(6-42)62-36)32(66-37-29(56)26(53)22(49)17(63-37)9-58-35-27(54)24(51)20(47)14(5-41)61-35)19(39-12(3)45)34(59-10)65-31-18(38-11(2)44)33(57-8-13(46)4-40)60-16(7-43)23(31)50/h4,10,13-37,41-43,46-56H,5-9H2,1-3H3,(H,38,44)(H,39,45)/t10-,13-,14+,15+,16+,17+,18+,19-,20+,21+,22-,23+,24-,25-,26-,27+,28+,29+,30+,31+,32-,33+,34-,35-,36-,37+/m0/s1. The second-order valence-corrected chi connectivity index (χ2v) is 16.5. The summed E-state index contributed by atoms with van der Waals surface area (Å²) < 4.78 is 58.2. The number of nitrogens with one attached hydrogen (secondary N) is 2. The molecule has 16 N–H and O–H groups in total. The highest BCUT2D eigenvalue weighted by atomic mass is 16.8. The fourth-order valence-electron chi connectivity index (χ4n) is 8.05. The van der Waals surface area contributed by atoms with Crippen LogP contribution in [0.15, 0.2) is 0 Å². The molecular weight excluding hydrogens is 904 g/mol. The van der Waals surface area contributed by atoms with Crippen molar-refractivity contribution >= 4 is 18.1 Å². The van der Waals surface area contributed by atoms with E-state index in [4.69, 9.17) is 47.4 Å². The Balaban J connectivity index is 1.51. The number of aldehydes is 1. The van der Waals surface area contributed by atoms with E-state index in [-0.39, 0.29) is 6.29 Å². The van der Waals surface area contributed by atoms with E-state index >= 15 is 0 Å². The van der Waals surface area contributed by atoms with Gasteiger partial charge in [0, 0.05) is 13.8 Å². The molecule has 5 aliphatic heterocycles. The van der Waals surface area contributed by atoms with Crippen molar-refractivity contribution in [2.45, 2.75) is 180 Å². The predicted octanol–water partition coefficient (Wildman–Crippen LogP) is -11.0. The number of hydrogen-bond donors (Lipinski definition) is 16. The molecule has 0 spiro atoms. The molecule has 382 valence electrons. The molecule has 5 fully saturated rings. The summed E-state index contributed by atoms with van der Waals surface area (Å²) in [5.74, 6) is -1.57. The van der Waals surface area contributed by atoms with Crippen LogP contribution in [-0.4, -0.2) is 282 Å². The average molecular weight is 967 g/mol. The first-order valence-electron chi connectivity index (χ1n) is 20.9. The molecule has 29 heteroatoms. The van der Waals surface area contributed by atoms with Gasteiger partial charge in [-0.15, -0.1) is 0 Å². The van der Waals surface area contributed by atoms with Gasteiger partial charge < -0.3 is 134 Å². The molecule has 0 aromatic rings. The van der Waals surface area contributed by atoms with Crippen molar-refractivity contribution < 1.29 is 133 Å². The molecule has 66 heavy (non-hydrogen) atoms. The van der Waals surface area contributed by atoms with E-state index in [0.717, 1.165) is 13.8 Å². The Hall–Kier alpha value is -2.35. The zero-order valence-electron chi connectivity index (χ0n) is 35.7. The molecule has 0 bridgehead atoms. The van der Waals surface area contributed by atoms with Crippen molar-refractivity contribution in [2.24, 2.45) is 0 Å². The van der Waals surface area contributed by atoms with Crippen LogP contribution in [0, 0.1) is 0 Å². The van der Waals surface area contributed by atoms with Crippen molar-refractivity contribution in [3.8, 4) is 0 Å². The fraction of sp³-hybridized carbons (Fsp3) is 0.919. The molecule has 0 aliphatic carbocycles. The predicted molar refractivity (Wildman–Crippen MR) is 204 cm³/mol. The number of hydrogen-bond acceptors (Lipinski definition) is 27. The van der Waals surface area contributed by atoms with Gasteiger partial charge in [-0.3, -0.25) is 9.59 Å². The van der Waals surface area contributed by atoms with Crippen LogP contribution in [0.2, 0.25) is 0 Å². The molecular formula is C37H62N2O27. The second kappa shape index (κ2) is 24.0. The Morgan fingerprint density at radius 3 is 1.42 bits per heavy atom. The minimum Gasteiger partial charge on any atom is -0.394 e. The van der Waals surface area contributed by atoms with Gasteiger partial charge in [-0.1, -0.05) is 0 Å². The van der Waals surface area contributed by atoms with Crippen LogP contribution < -0.4 is 10.6 Å². The number of amides is 2. The van der Waals surface area contributed by atoms with Gasteiger partial charge in [0.15, 0.2) is 37.7 Å². The lowest BCUT2D eigenvalue weighted by Gasteiger charge is -2.51. The summed E-state index contributed by atoms with van der Waals surface area (Å²) in [7, 11) is 0. The zero-order chi connectivity index (χ0) is 48.9. The van der Waals surface area contributed by atoms with Crippen LogP contribution in [0.5, 0.6) is 0 Å². The maximum absolute atomic E-state index is 13.0. The molecule has 0 saturated carbocycles. The fourth-order valence-corrected chi connectivity index (χ4v) is 8.05. The number of ether oxygens (including phenoxy) is 10. The highest BCUT2D eigenvalue weighted by molar-refractivity contribution is 5.73. The lowest BCUT2D eigenvalue weighted by Crippen LogP contribution is -2.71. The SMILES string of the molecule is CC(=O)N[C@@H]1[C@H](O[C@H]2[C@H](O)[C@@H](CO)O[C@@H](OC[C@@H](O)C=O)[C@@H]2NC(C)=O)O[C@@H](C)[C@@H](O[C@@H]2O[C@H](CO)[C@@H](O)[C@H](O)[C@H]2O)[C@H]1O[C@H]1O[C@H](CO[C@H]2O[C@H](CO)[C@@H](O)[C@H](O)[C@H]2O)[C@H](O)[C@H](O)[C@H]1O. The van der Waals surface area contributed by atoms with Crippen LogP contribution in [0.25, 0.3) is 0 Å². The Labute approximate surface area is 375 Å². The Bertz CT molecular complexity index is 1550. The average Bonchev–Trinajstić information content (AvgIpc) is 3.28. The smallest absolute Gasteiger partial charge is 0.217 e. The Kier molecular flexibility index (Phi) is 19.8. The lowest BCUT2D eigenvalue weighted by molar-refractivity contribution is -0.382. The Morgan fingerprint density at radius 2 is 0.924 bits per heavy atom. The van der Waals surface area contributed by atoms with Crippen LogP contribution in [0.1, 0.15) is 20.8 Å². The van der Waals surface area contributed by atoms with Crippen molar-refractivity contribution in [3.05, 3.63) is 0 Å². The number of carbonyl (C=O) groups excluding carboxylic acids is 3. The zero-order valence-corrected chi connectivity index (χ0v) is 35.7. The van der Waals surface area contributed by atoms with E-state index in [9.17, 15) is 85.9 Å². The quantitative estimate of drug-likeness (QED) is 0.0567. The summed E-state index contributed by atoms with van der Waals surface area (Å²) in [6.45, 7) is -0.623. The number of rotatable bonds is 18. The van der Waals surface area contributed by atoms with Crippen molar-refractivity contribution in [3.63, 3.8) is 0 Å². The van der Waals surface area contributed by atoms with Gasteiger partial charge in [0.25, 0.3) is 0 Å². The largest absolute Gasteiger partial charge is 0.394 e. The van der Waals surface area contributed by atoms with Crippen LogP contribution in [0.3, 0.4) is 0 Å². The molecule has 0 aromatic heterocycles. The van der Waals surface area contributed by atoms with E-state index in [1.807, 2.05) is 0 Å². The summed E-state index contributed by atoms with van der Waals surface area (Å²) in [4.78, 5) is 36.6. The van der Waals surface area contributed by atoms with Gasteiger partial charge in [0.05, 0.1) is 39.1 Å². The lowest BCUT2D eigenvalue weighted by atomic mass is 9.93. The summed E-state index contributed by atoms with van der Waals surface area (Å²) >= 11 is 0. The summed E-state index contributed by atoms with van der Waals surface area (Å²) in [6.07, 6.45) is -42.8. The molecule has 5 heterocycles. The minimum absolute atomic E-state index is 0.142. The first-order valence-corrected chi connectivity index (χ1v) is 20.9. The van der Waals surface area contributed by atoms with Gasteiger partial charge in [0.1, 0.15) is 122 Å². The van der Waals surface area contributed by atoms with Gasteiger partial charge >= 0.3 is 0 Å². The van der Waals surface area contributed by atoms with Gasteiger partial charge in [-0.2, -0.15) is 0 Å². The summed E-state index contributed by atoms with van der Waals surface area (Å²) in [5, 5.41) is 152. The number of aliphatic hydroxyl groups is 14. The first-order chi connectivity index (χ1) is 31.2. The van der Waals surface area contributed by atoms with E-state index in [2.05, 4.69) is 10.6 Å². The summed E-state index contributed by atoms with van der Waals surface area (Å²) in [5.41, 5.74) is 0. The second-order valence-electron chi connectivity index (χ2n) is 16.5. The third-order valence-electron chi connectivity index (χ3n) is 11.6. The minimum atomic E-state index is -2.15. The normalized spacial score (nSPS) is 47.1. The number of aliphatic hydroxyl groups excluding tert-OH is 14. The van der Waals surface area contributed by atoms with Crippen molar-refractivity contribution in [2.75, 3.05) is 33.0 Å². The number of carbonyl (C=O) groups is 3. The van der Waals surface area contributed by atoms with Crippen LogP contribution in [0.4, 0.5) is 0 Å². The van der Waals surface area contributed by atoms with E-state index in [1.165, 1.54) is 6.92 Å². The van der Waals surface area contributed by atoms with Crippen LogP contribution in [-0.2, 0) is 61.8 Å². The van der Waals surface area contributed by atoms with E-state index < -0.39 is 204 Å². The molecule has 29 nitrogen and oxygen atoms in total. The van der Waals surface area contributed by atoms with Crippen LogP contribution >= 0.6 is 0 Å². The first kappa shape index (κ1) is 54.6. The summed E-state index contributed by atoms with van der Waals surface area (Å²) in [6, 6.07) is -3.25. The molecule has 2 amide bonds. The third-order valence-corrected chi connectivity index (χ3v) is 11.6. The highest BCUT2D eigenvalue weighted by Crippen LogP contribution is 2.36. The van der Waals surface area contributed by atoms with Crippen molar-refractivity contribution in [1.82, 2.24) is 10.6 Å². The molecule has 5 aliphatic rings. The maximum Gasteiger partial charge on any atom is 0.217 e. The monoisotopic (exact) mass is 966 g/mol. The molecule has 0 unspecified atom stereocenters. The van der Waals surface area contributed by atoms with E-state index in [0.29, 0.717) is 0 Å². The molecule has 5 saturated heterocycles. The van der Waals surface area contributed by atoms with Crippen molar-refractivity contribution in [1.29, 1.82) is 0 Å².